The highest BCUT2D eigenvalue weighted by atomic mass is 16.2. The van der Waals surface area contributed by atoms with Gasteiger partial charge in [0.2, 0.25) is 11.8 Å². The smallest absolute Gasteiger partial charge is 0.240 e. The monoisotopic (exact) mass is 220 g/mol. The summed E-state index contributed by atoms with van der Waals surface area (Å²) in [6.45, 7) is 3.33. The van der Waals surface area contributed by atoms with E-state index < -0.39 is 11.9 Å². The number of rotatable bonds is 4. The number of nitrogens with two attached hydrogens (primary N) is 1. The summed E-state index contributed by atoms with van der Waals surface area (Å²) < 4.78 is 0. The lowest BCUT2D eigenvalue weighted by Crippen LogP contribution is -2.45. The van der Waals surface area contributed by atoms with Crippen molar-refractivity contribution >= 4 is 11.8 Å². The van der Waals surface area contributed by atoms with Gasteiger partial charge in [0.15, 0.2) is 0 Å². The second kappa shape index (κ2) is 5.30. The molecule has 16 heavy (non-hydrogen) atoms. The summed E-state index contributed by atoms with van der Waals surface area (Å²) in [7, 11) is 0. The quantitative estimate of drug-likeness (QED) is 0.776. The molecule has 0 fully saturated rings. The van der Waals surface area contributed by atoms with E-state index in [1.165, 1.54) is 6.92 Å². The summed E-state index contributed by atoms with van der Waals surface area (Å²) in [6.07, 6.45) is 0.432. The van der Waals surface area contributed by atoms with Gasteiger partial charge in [-0.05, 0) is 18.1 Å². The largest absolute Gasteiger partial charge is 0.368 e. The van der Waals surface area contributed by atoms with E-state index in [9.17, 15) is 9.59 Å². The van der Waals surface area contributed by atoms with Gasteiger partial charge in [-0.1, -0.05) is 24.3 Å². The molecule has 0 heterocycles. The van der Waals surface area contributed by atoms with E-state index >= 15 is 0 Å². The third-order valence-corrected chi connectivity index (χ3v) is 2.41. The molecule has 86 valence electrons. The summed E-state index contributed by atoms with van der Waals surface area (Å²) in [5.41, 5.74) is 7.33. The Morgan fingerprint density at radius 2 is 2.00 bits per heavy atom. The predicted octanol–water partition coefficient (Wildman–Crippen LogP) is 0.528. The van der Waals surface area contributed by atoms with E-state index in [4.69, 9.17) is 5.73 Å². The Morgan fingerprint density at radius 3 is 2.50 bits per heavy atom. The lowest BCUT2D eigenvalue weighted by atomic mass is 10.0. The molecule has 0 aromatic heterocycles. The van der Waals surface area contributed by atoms with Gasteiger partial charge in [0.05, 0.1) is 0 Å². The van der Waals surface area contributed by atoms with Crippen LogP contribution in [-0.4, -0.2) is 17.9 Å². The molecule has 1 aromatic carbocycles. The summed E-state index contributed by atoms with van der Waals surface area (Å²) in [4.78, 5) is 22.1. The molecule has 1 rings (SSSR count). The van der Waals surface area contributed by atoms with Crippen molar-refractivity contribution in [2.24, 2.45) is 5.73 Å². The minimum absolute atomic E-state index is 0.252. The minimum atomic E-state index is -0.640. The van der Waals surface area contributed by atoms with Crippen molar-refractivity contribution in [3.05, 3.63) is 35.4 Å². The topological polar surface area (TPSA) is 72.2 Å². The van der Waals surface area contributed by atoms with Crippen LogP contribution in [0.5, 0.6) is 0 Å². The number of hydrogen-bond acceptors (Lipinski definition) is 2. The van der Waals surface area contributed by atoms with Crippen LogP contribution < -0.4 is 11.1 Å². The molecule has 0 saturated heterocycles. The van der Waals surface area contributed by atoms with Gasteiger partial charge in [-0.25, -0.2) is 0 Å². The first-order chi connectivity index (χ1) is 7.50. The van der Waals surface area contributed by atoms with E-state index in [1.807, 2.05) is 31.2 Å². The first-order valence-corrected chi connectivity index (χ1v) is 5.11. The number of carbonyl (C=O) groups excluding carboxylic acids is 2. The Labute approximate surface area is 94.8 Å². The van der Waals surface area contributed by atoms with Crippen LogP contribution in [0.1, 0.15) is 18.1 Å². The van der Waals surface area contributed by atoms with E-state index in [2.05, 4.69) is 5.32 Å². The zero-order valence-electron chi connectivity index (χ0n) is 9.49. The van der Waals surface area contributed by atoms with E-state index in [-0.39, 0.29) is 5.91 Å². The van der Waals surface area contributed by atoms with Gasteiger partial charge in [-0.3, -0.25) is 9.59 Å². The van der Waals surface area contributed by atoms with Crippen LogP contribution in [0.4, 0.5) is 0 Å². The normalized spacial score (nSPS) is 11.9. The SMILES string of the molecule is CC(=O)N[C@@H](Cc1ccccc1C)C(N)=O. The van der Waals surface area contributed by atoms with Gasteiger partial charge in [0, 0.05) is 13.3 Å². The highest BCUT2D eigenvalue weighted by Crippen LogP contribution is 2.09. The van der Waals surface area contributed by atoms with E-state index in [0.29, 0.717) is 6.42 Å². The number of carbonyl (C=O) groups is 2. The predicted molar refractivity (Wildman–Crippen MR) is 61.7 cm³/mol. The van der Waals surface area contributed by atoms with Crippen LogP contribution in [-0.2, 0) is 16.0 Å². The van der Waals surface area contributed by atoms with Crippen molar-refractivity contribution in [3.8, 4) is 0 Å². The van der Waals surface area contributed by atoms with E-state index in [1.54, 1.807) is 0 Å². The number of nitrogens with one attached hydrogen (secondary N) is 1. The van der Waals surface area contributed by atoms with Crippen LogP contribution >= 0.6 is 0 Å². The molecular weight excluding hydrogens is 204 g/mol. The van der Waals surface area contributed by atoms with E-state index in [0.717, 1.165) is 11.1 Å². The molecule has 0 aliphatic carbocycles. The summed E-state index contributed by atoms with van der Waals surface area (Å²) >= 11 is 0. The van der Waals surface area contributed by atoms with Crippen LogP contribution in [0, 0.1) is 6.92 Å². The van der Waals surface area contributed by atoms with Gasteiger partial charge >= 0.3 is 0 Å². The fraction of sp³-hybridized carbons (Fsp3) is 0.333. The minimum Gasteiger partial charge on any atom is -0.368 e. The molecule has 0 aliphatic heterocycles. The molecule has 0 unspecified atom stereocenters. The Balaban J connectivity index is 2.80. The highest BCUT2D eigenvalue weighted by Gasteiger charge is 2.17. The number of primary amides is 1. The number of aryl methyl sites for hydroxylation is 1. The molecule has 4 heteroatoms. The second-order valence-electron chi connectivity index (χ2n) is 3.79. The average Bonchev–Trinajstić information content (AvgIpc) is 2.19. The zero-order chi connectivity index (χ0) is 12.1. The molecule has 2 amide bonds. The Morgan fingerprint density at radius 1 is 1.38 bits per heavy atom. The van der Waals surface area contributed by atoms with Crippen molar-refractivity contribution in [2.45, 2.75) is 26.3 Å². The van der Waals surface area contributed by atoms with Crippen LogP contribution in [0.25, 0.3) is 0 Å². The molecule has 0 spiro atoms. The lowest BCUT2D eigenvalue weighted by molar-refractivity contribution is -0.126. The van der Waals surface area contributed by atoms with Crippen molar-refractivity contribution in [2.75, 3.05) is 0 Å². The third-order valence-electron chi connectivity index (χ3n) is 2.41. The standard InChI is InChI=1S/C12H16N2O2/c1-8-5-3-4-6-10(8)7-11(12(13)16)14-9(2)15/h3-6,11H,7H2,1-2H3,(H2,13,16)(H,14,15)/t11-/m0/s1. The van der Waals surface area contributed by atoms with Crippen molar-refractivity contribution in [1.82, 2.24) is 5.32 Å². The van der Waals surface area contributed by atoms with Gasteiger partial charge < -0.3 is 11.1 Å². The third kappa shape index (κ3) is 3.38. The number of hydrogen-bond donors (Lipinski definition) is 2. The van der Waals surface area contributed by atoms with Gasteiger partial charge in [0.1, 0.15) is 6.04 Å². The van der Waals surface area contributed by atoms with Crippen molar-refractivity contribution < 1.29 is 9.59 Å². The fourth-order valence-corrected chi connectivity index (χ4v) is 1.53. The maximum Gasteiger partial charge on any atom is 0.240 e. The first kappa shape index (κ1) is 12.2. The molecule has 0 aliphatic rings. The zero-order valence-corrected chi connectivity index (χ0v) is 9.49. The number of benzene rings is 1. The first-order valence-electron chi connectivity index (χ1n) is 5.11. The molecule has 0 saturated carbocycles. The van der Waals surface area contributed by atoms with Crippen LogP contribution in [0.3, 0.4) is 0 Å². The van der Waals surface area contributed by atoms with Gasteiger partial charge in [0.25, 0.3) is 0 Å². The summed E-state index contributed by atoms with van der Waals surface area (Å²) in [5.74, 6) is -0.768. The molecule has 3 N–H and O–H groups in total. The van der Waals surface area contributed by atoms with Gasteiger partial charge in [-0.2, -0.15) is 0 Å². The highest BCUT2D eigenvalue weighted by molar-refractivity contribution is 5.85. The maximum absolute atomic E-state index is 11.2. The van der Waals surface area contributed by atoms with Crippen molar-refractivity contribution in [1.29, 1.82) is 0 Å². The van der Waals surface area contributed by atoms with Crippen LogP contribution in [0.15, 0.2) is 24.3 Å². The van der Waals surface area contributed by atoms with Crippen LogP contribution in [0.2, 0.25) is 0 Å². The fourth-order valence-electron chi connectivity index (χ4n) is 1.53. The molecular formula is C12H16N2O2. The summed E-state index contributed by atoms with van der Waals surface area (Å²) in [6, 6.07) is 7.07. The Kier molecular flexibility index (Phi) is 4.05. The molecule has 1 aromatic rings. The molecule has 1 atom stereocenters. The lowest BCUT2D eigenvalue weighted by Gasteiger charge is -2.15. The second-order valence-corrected chi connectivity index (χ2v) is 3.79. The summed E-state index contributed by atoms with van der Waals surface area (Å²) in [5, 5.41) is 2.54. The maximum atomic E-state index is 11.2. The van der Waals surface area contributed by atoms with Gasteiger partial charge in [-0.15, -0.1) is 0 Å². The number of amides is 2. The average molecular weight is 220 g/mol. The molecule has 0 radical (unpaired) electrons. The molecule has 0 bridgehead atoms. The Bertz CT molecular complexity index is 402. The Hall–Kier alpha value is -1.84. The molecule has 4 nitrogen and oxygen atoms in total. The van der Waals surface area contributed by atoms with Crippen molar-refractivity contribution in [3.63, 3.8) is 0 Å².